The number of benzene rings is 2. The third-order valence-corrected chi connectivity index (χ3v) is 8.45. The van der Waals surface area contributed by atoms with Crippen molar-refractivity contribution in [2.75, 3.05) is 11.5 Å². The lowest BCUT2D eigenvalue weighted by Gasteiger charge is -2.32. The zero-order valence-corrected chi connectivity index (χ0v) is 26.3. The van der Waals surface area contributed by atoms with Crippen LogP contribution in [-0.2, 0) is 9.31 Å². The summed E-state index contributed by atoms with van der Waals surface area (Å²) >= 11 is 3.10. The summed E-state index contributed by atoms with van der Waals surface area (Å²) in [6, 6.07) is 9.56. The number of anilines is 2. The molecular formula is C30H40BBrN4O6. The molecule has 0 unspecified atom stereocenters. The van der Waals surface area contributed by atoms with E-state index in [0.717, 1.165) is 31.2 Å². The molecule has 2 aromatic rings. The summed E-state index contributed by atoms with van der Waals surface area (Å²) in [5.41, 5.74) is 14.3. The molecule has 0 atom stereocenters. The quantitative estimate of drug-likeness (QED) is 0.146. The molecule has 2 aliphatic carbocycles. The van der Waals surface area contributed by atoms with Crippen LogP contribution in [0.15, 0.2) is 58.5 Å². The topological polar surface area (TPSA) is 157 Å². The minimum Gasteiger partial charge on any atom is -0.400 e. The van der Waals surface area contributed by atoms with Crippen LogP contribution in [-0.4, -0.2) is 28.2 Å². The zero-order chi connectivity index (χ0) is 31.1. The van der Waals surface area contributed by atoms with Crippen molar-refractivity contribution in [2.45, 2.75) is 90.3 Å². The maximum absolute atomic E-state index is 10.8. The average molecular weight is 643 g/mol. The summed E-state index contributed by atoms with van der Waals surface area (Å²) in [7, 11) is -0.102. The Morgan fingerprint density at radius 2 is 1.31 bits per heavy atom. The molecule has 1 aliphatic heterocycles. The van der Waals surface area contributed by atoms with Gasteiger partial charge in [-0.3, -0.25) is 20.2 Å². The van der Waals surface area contributed by atoms with E-state index in [-0.39, 0.29) is 41.1 Å². The molecule has 0 spiro atoms. The Bertz CT molecular complexity index is 1350. The summed E-state index contributed by atoms with van der Waals surface area (Å²) in [5.74, 6) is 0. The Morgan fingerprint density at radius 3 is 1.79 bits per heavy atom. The lowest BCUT2D eigenvalue weighted by molar-refractivity contribution is -0.384. The normalized spacial score (nSPS) is 18.8. The monoisotopic (exact) mass is 642 g/mol. The number of nitro benzene ring substituents is 2. The Hall–Kier alpha value is -3.22. The number of hydrogen-bond acceptors (Lipinski definition) is 8. The van der Waals surface area contributed by atoms with E-state index >= 15 is 0 Å². The van der Waals surface area contributed by atoms with Gasteiger partial charge in [0.25, 0.3) is 11.4 Å². The summed E-state index contributed by atoms with van der Waals surface area (Å²) in [6.07, 6.45) is 13.8. The number of hydrogen-bond donors (Lipinski definition) is 2. The van der Waals surface area contributed by atoms with E-state index in [1.54, 1.807) is 18.2 Å². The van der Waals surface area contributed by atoms with E-state index in [1.165, 1.54) is 48.9 Å². The Balaban J connectivity index is 0.000000176. The first kappa shape index (κ1) is 33.3. The van der Waals surface area contributed by atoms with Gasteiger partial charge in [-0.1, -0.05) is 34.1 Å². The highest BCUT2D eigenvalue weighted by molar-refractivity contribution is 9.10. The number of nitrogens with two attached hydrogens (primary N) is 2. The maximum Gasteiger partial charge on any atom is 0.490 e. The smallest absolute Gasteiger partial charge is 0.400 e. The molecule has 1 fully saturated rings. The summed E-state index contributed by atoms with van der Waals surface area (Å²) < 4.78 is 12.7. The van der Waals surface area contributed by atoms with Crippen molar-refractivity contribution in [3.8, 4) is 0 Å². The number of nitrogens with zero attached hydrogens (tertiary/aromatic N) is 2. The number of rotatable bonds is 4. The highest BCUT2D eigenvalue weighted by atomic mass is 79.9. The van der Waals surface area contributed by atoms with Gasteiger partial charge in [0.15, 0.2) is 0 Å². The van der Waals surface area contributed by atoms with Gasteiger partial charge in [-0.15, -0.1) is 0 Å². The molecule has 10 nitrogen and oxygen atoms in total. The highest BCUT2D eigenvalue weighted by Gasteiger charge is 2.52. The van der Waals surface area contributed by atoms with Gasteiger partial charge in [0.05, 0.1) is 21.0 Å². The van der Waals surface area contributed by atoms with Crippen molar-refractivity contribution < 1.29 is 19.2 Å². The lowest BCUT2D eigenvalue weighted by Crippen LogP contribution is -2.41. The van der Waals surface area contributed by atoms with Crippen LogP contribution >= 0.6 is 15.9 Å². The molecule has 5 rings (SSSR count). The average Bonchev–Trinajstić information content (AvgIpc) is 3.18. The van der Waals surface area contributed by atoms with Crippen molar-refractivity contribution in [1.29, 1.82) is 0 Å². The van der Waals surface area contributed by atoms with Crippen LogP contribution < -0.4 is 11.5 Å². The van der Waals surface area contributed by atoms with Gasteiger partial charge in [0.2, 0.25) is 0 Å². The molecule has 4 N–H and O–H groups in total. The van der Waals surface area contributed by atoms with Gasteiger partial charge in [0, 0.05) is 16.6 Å². The zero-order valence-electron chi connectivity index (χ0n) is 24.7. The molecule has 3 aliphatic rings. The SMILES string of the molecule is CC1(C)OB(C2=CCCCC2)OC1(C)C.Nc1ccc(Br)cc1[N+](=O)[O-].Nc1ccc(C2=CCCCC2)cc1[N+](=O)[O-]. The molecule has 42 heavy (non-hydrogen) atoms. The molecule has 0 amide bonds. The van der Waals surface area contributed by atoms with E-state index in [2.05, 4.69) is 55.8 Å². The summed E-state index contributed by atoms with van der Waals surface area (Å²) in [5, 5.41) is 21.0. The number of nitro groups is 2. The predicted octanol–water partition coefficient (Wildman–Crippen LogP) is 8.19. The van der Waals surface area contributed by atoms with Crippen molar-refractivity contribution in [1.82, 2.24) is 0 Å². The first-order chi connectivity index (χ1) is 19.7. The molecule has 226 valence electrons. The fourth-order valence-electron chi connectivity index (χ4n) is 4.75. The standard InChI is InChI=1S/C12H21BO2.C12H14N2O2.C6H5BrN2O2/c1-11(2)12(3,4)15-13(14-11)10-8-6-5-7-9-10;13-11-7-6-10(8-12(11)14(15)16)9-4-2-1-3-5-9;7-4-1-2-5(8)6(3-4)9(10)11/h8H,5-7,9H2,1-4H3;4,6-8H,1-3,5,13H2;1-3H,8H2. The summed E-state index contributed by atoms with van der Waals surface area (Å²) in [6.45, 7) is 8.43. The largest absolute Gasteiger partial charge is 0.490 e. The van der Waals surface area contributed by atoms with Crippen molar-refractivity contribution in [2.24, 2.45) is 0 Å². The van der Waals surface area contributed by atoms with Crippen molar-refractivity contribution in [3.63, 3.8) is 0 Å². The number of halogens is 1. The third-order valence-electron chi connectivity index (χ3n) is 7.96. The van der Waals surface area contributed by atoms with E-state index in [0.29, 0.717) is 4.47 Å². The van der Waals surface area contributed by atoms with Gasteiger partial charge in [-0.05, 0) is 114 Å². The van der Waals surface area contributed by atoms with E-state index in [4.69, 9.17) is 20.8 Å². The van der Waals surface area contributed by atoms with E-state index < -0.39 is 9.85 Å². The third kappa shape index (κ3) is 8.65. The molecular weight excluding hydrogens is 603 g/mol. The van der Waals surface area contributed by atoms with Gasteiger partial charge in [-0.2, -0.15) is 0 Å². The first-order valence-electron chi connectivity index (χ1n) is 14.2. The van der Waals surface area contributed by atoms with Gasteiger partial charge in [-0.25, -0.2) is 0 Å². The molecule has 0 saturated carbocycles. The van der Waals surface area contributed by atoms with Crippen LogP contribution in [0, 0.1) is 20.2 Å². The van der Waals surface area contributed by atoms with Crippen LogP contribution in [0.4, 0.5) is 22.7 Å². The molecule has 0 aromatic heterocycles. The first-order valence-corrected chi connectivity index (χ1v) is 15.0. The molecule has 0 bridgehead atoms. The van der Waals surface area contributed by atoms with Crippen molar-refractivity contribution >= 4 is 51.4 Å². The molecule has 1 saturated heterocycles. The fourth-order valence-corrected chi connectivity index (χ4v) is 5.10. The maximum atomic E-state index is 10.8. The Kier molecular flexibility index (Phi) is 11.3. The van der Waals surface area contributed by atoms with Crippen LogP contribution in [0.3, 0.4) is 0 Å². The Labute approximate surface area is 256 Å². The van der Waals surface area contributed by atoms with Gasteiger partial charge in [0.1, 0.15) is 11.4 Å². The van der Waals surface area contributed by atoms with Crippen LogP contribution in [0.1, 0.15) is 84.6 Å². The van der Waals surface area contributed by atoms with Crippen LogP contribution in [0.5, 0.6) is 0 Å². The molecule has 0 radical (unpaired) electrons. The number of nitrogen functional groups attached to an aromatic ring is 2. The van der Waals surface area contributed by atoms with Gasteiger partial charge >= 0.3 is 7.12 Å². The Morgan fingerprint density at radius 1 is 0.786 bits per heavy atom. The van der Waals surface area contributed by atoms with E-state index in [1.807, 2.05) is 6.07 Å². The lowest BCUT2D eigenvalue weighted by atomic mass is 9.73. The predicted molar refractivity (Wildman–Crippen MR) is 172 cm³/mol. The molecule has 2 aromatic carbocycles. The second kappa shape index (κ2) is 14.3. The summed E-state index contributed by atoms with van der Waals surface area (Å²) in [4.78, 5) is 20.1. The minimum atomic E-state index is -0.514. The number of allylic oxidation sites excluding steroid dienone is 4. The second-order valence-electron chi connectivity index (χ2n) is 11.6. The van der Waals surface area contributed by atoms with Crippen LogP contribution in [0.25, 0.3) is 5.57 Å². The molecule has 1 heterocycles. The van der Waals surface area contributed by atoms with E-state index in [9.17, 15) is 20.2 Å². The minimum absolute atomic E-state index is 0.00368. The fraction of sp³-hybridized carbons (Fsp3) is 0.467. The van der Waals surface area contributed by atoms with Crippen molar-refractivity contribution in [3.05, 3.63) is 84.3 Å². The highest BCUT2D eigenvalue weighted by Crippen LogP contribution is 2.40. The van der Waals surface area contributed by atoms with Crippen LogP contribution in [0.2, 0.25) is 0 Å². The second-order valence-corrected chi connectivity index (χ2v) is 12.5. The van der Waals surface area contributed by atoms with Gasteiger partial charge < -0.3 is 20.8 Å². The molecule has 12 heteroatoms.